The standard InChI is InChI=1S/C19H24N2O3/c1-13-3-2-4-14(9-13)11-19(6-7-19)21-12-17(23)20-8-5-15(22)10-16(20)18(21)24/h2-4,9,15-16,22H,5-8,10-12H2,1H3/t15-,16+/m1/s1. The minimum atomic E-state index is -0.477. The summed E-state index contributed by atoms with van der Waals surface area (Å²) in [6.07, 6.45) is 3.19. The number of aryl methyl sites for hydroxylation is 1. The molecule has 0 aromatic heterocycles. The van der Waals surface area contributed by atoms with Crippen molar-refractivity contribution in [2.45, 2.75) is 56.7 Å². The van der Waals surface area contributed by atoms with E-state index in [0.717, 1.165) is 19.3 Å². The lowest BCUT2D eigenvalue weighted by atomic mass is 9.93. The van der Waals surface area contributed by atoms with Crippen molar-refractivity contribution in [2.24, 2.45) is 0 Å². The molecular formula is C19H24N2O3. The largest absolute Gasteiger partial charge is 0.393 e. The molecule has 2 amide bonds. The van der Waals surface area contributed by atoms with Crippen LogP contribution in [0.2, 0.25) is 0 Å². The van der Waals surface area contributed by atoms with Crippen LogP contribution >= 0.6 is 0 Å². The summed E-state index contributed by atoms with van der Waals surface area (Å²) < 4.78 is 0. The second kappa shape index (κ2) is 5.59. The molecule has 24 heavy (non-hydrogen) atoms. The van der Waals surface area contributed by atoms with Gasteiger partial charge in [0.15, 0.2) is 0 Å². The Bertz CT molecular complexity index is 683. The van der Waals surface area contributed by atoms with Gasteiger partial charge in [0.05, 0.1) is 6.10 Å². The number of piperidine rings is 1. The molecule has 4 rings (SSSR count). The van der Waals surface area contributed by atoms with E-state index < -0.39 is 12.1 Å². The van der Waals surface area contributed by atoms with Gasteiger partial charge in [0.1, 0.15) is 12.6 Å². The number of nitrogens with zero attached hydrogens (tertiary/aromatic N) is 2. The van der Waals surface area contributed by atoms with E-state index in [9.17, 15) is 14.7 Å². The van der Waals surface area contributed by atoms with E-state index >= 15 is 0 Å². The van der Waals surface area contributed by atoms with Crippen molar-refractivity contribution in [2.75, 3.05) is 13.1 Å². The molecule has 0 bridgehead atoms. The summed E-state index contributed by atoms with van der Waals surface area (Å²) in [7, 11) is 0. The molecule has 3 aliphatic rings. The molecule has 2 atom stereocenters. The van der Waals surface area contributed by atoms with Gasteiger partial charge in [0, 0.05) is 18.5 Å². The molecule has 2 heterocycles. The van der Waals surface area contributed by atoms with Crippen LogP contribution in [0.25, 0.3) is 0 Å². The highest BCUT2D eigenvalue weighted by molar-refractivity contribution is 5.95. The lowest BCUT2D eigenvalue weighted by molar-refractivity contribution is -0.163. The van der Waals surface area contributed by atoms with Gasteiger partial charge in [-0.15, -0.1) is 0 Å². The average molecular weight is 328 g/mol. The molecule has 0 radical (unpaired) electrons. The van der Waals surface area contributed by atoms with Crippen LogP contribution in [-0.4, -0.2) is 57.5 Å². The van der Waals surface area contributed by atoms with Gasteiger partial charge in [0.25, 0.3) is 0 Å². The maximum Gasteiger partial charge on any atom is 0.246 e. The number of benzene rings is 1. The van der Waals surface area contributed by atoms with E-state index in [-0.39, 0.29) is 23.9 Å². The molecule has 3 fully saturated rings. The Morgan fingerprint density at radius 2 is 2.08 bits per heavy atom. The highest BCUT2D eigenvalue weighted by atomic mass is 16.3. The minimum absolute atomic E-state index is 0.0264. The van der Waals surface area contributed by atoms with E-state index in [0.29, 0.717) is 19.4 Å². The predicted molar refractivity (Wildman–Crippen MR) is 89.3 cm³/mol. The Labute approximate surface area is 142 Å². The maximum atomic E-state index is 13.0. The summed E-state index contributed by atoms with van der Waals surface area (Å²) in [5.41, 5.74) is 2.24. The molecule has 1 aromatic carbocycles. The highest BCUT2D eigenvalue weighted by Crippen LogP contribution is 2.46. The van der Waals surface area contributed by atoms with Crippen molar-refractivity contribution >= 4 is 11.8 Å². The first-order chi connectivity index (χ1) is 11.5. The topological polar surface area (TPSA) is 60.9 Å². The summed E-state index contributed by atoms with van der Waals surface area (Å²) >= 11 is 0. The number of carbonyl (C=O) groups is 2. The molecule has 1 N–H and O–H groups in total. The first-order valence-corrected chi connectivity index (χ1v) is 8.83. The maximum absolute atomic E-state index is 13.0. The third-order valence-electron chi connectivity index (χ3n) is 5.76. The fraction of sp³-hybridized carbons (Fsp3) is 0.579. The normalized spacial score (nSPS) is 28.8. The minimum Gasteiger partial charge on any atom is -0.393 e. The fourth-order valence-corrected chi connectivity index (χ4v) is 4.25. The summed E-state index contributed by atoms with van der Waals surface area (Å²) in [6.45, 7) is 2.76. The zero-order valence-corrected chi connectivity index (χ0v) is 14.1. The number of fused-ring (bicyclic) bond motifs is 1. The molecule has 128 valence electrons. The van der Waals surface area contributed by atoms with Crippen LogP contribution in [0, 0.1) is 6.92 Å². The first-order valence-electron chi connectivity index (χ1n) is 8.83. The first kappa shape index (κ1) is 15.6. The Morgan fingerprint density at radius 3 is 2.79 bits per heavy atom. The Hall–Kier alpha value is -1.88. The van der Waals surface area contributed by atoms with Crippen molar-refractivity contribution in [1.29, 1.82) is 0 Å². The van der Waals surface area contributed by atoms with Crippen LogP contribution in [0.4, 0.5) is 0 Å². The third-order valence-corrected chi connectivity index (χ3v) is 5.76. The van der Waals surface area contributed by atoms with Gasteiger partial charge in [-0.2, -0.15) is 0 Å². The van der Waals surface area contributed by atoms with Gasteiger partial charge in [-0.25, -0.2) is 0 Å². The van der Waals surface area contributed by atoms with Gasteiger partial charge in [0.2, 0.25) is 11.8 Å². The SMILES string of the molecule is Cc1cccc(CC2(N3CC(=O)N4CC[C@@H](O)C[C@H]4C3=O)CC2)c1. The van der Waals surface area contributed by atoms with E-state index in [1.165, 1.54) is 11.1 Å². The molecule has 0 unspecified atom stereocenters. The van der Waals surface area contributed by atoms with Crippen molar-refractivity contribution < 1.29 is 14.7 Å². The number of aliphatic hydroxyl groups excluding tert-OH is 1. The molecule has 5 heteroatoms. The molecule has 1 aliphatic carbocycles. The fourth-order valence-electron chi connectivity index (χ4n) is 4.25. The summed E-state index contributed by atoms with van der Waals surface area (Å²) in [4.78, 5) is 29.0. The number of aliphatic hydroxyl groups is 1. The van der Waals surface area contributed by atoms with Crippen LogP contribution in [0.5, 0.6) is 0 Å². The van der Waals surface area contributed by atoms with Crippen LogP contribution in [0.3, 0.4) is 0 Å². The van der Waals surface area contributed by atoms with E-state index in [1.807, 2.05) is 11.0 Å². The quantitative estimate of drug-likeness (QED) is 0.909. The Balaban J connectivity index is 1.57. The van der Waals surface area contributed by atoms with Crippen molar-refractivity contribution in [3.8, 4) is 0 Å². The van der Waals surface area contributed by atoms with Gasteiger partial charge < -0.3 is 14.9 Å². The van der Waals surface area contributed by atoms with E-state index in [4.69, 9.17) is 0 Å². The molecular weight excluding hydrogens is 304 g/mol. The zero-order chi connectivity index (χ0) is 16.9. The molecule has 0 spiro atoms. The molecule has 1 aromatic rings. The number of piperazine rings is 1. The number of amides is 2. The third kappa shape index (κ3) is 2.61. The second-order valence-corrected chi connectivity index (χ2v) is 7.60. The average Bonchev–Trinajstić information content (AvgIpc) is 3.31. The van der Waals surface area contributed by atoms with Crippen LogP contribution in [0.15, 0.2) is 24.3 Å². The lowest BCUT2D eigenvalue weighted by Crippen LogP contribution is -2.65. The smallest absolute Gasteiger partial charge is 0.246 e. The number of hydrogen-bond acceptors (Lipinski definition) is 3. The number of hydrogen-bond donors (Lipinski definition) is 1. The van der Waals surface area contributed by atoms with Crippen molar-refractivity contribution in [3.05, 3.63) is 35.4 Å². The molecule has 2 aliphatic heterocycles. The van der Waals surface area contributed by atoms with E-state index in [2.05, 4.69) is 25.1 Å². The van der Waals surface area contributed by atoms with Crippen LogP contribution < -0.4 is 0 Å². The highest BCUT2D eigenvalue weighted by Gasteiger charge is 2.55. The van der Waals surface area contributed by atoms with Gasteiger partial charge in [-0.05, 0) is 38.2 Å². The van der Waals surface area contributed by atoms with Gasteiger partial charge >= 0.3 is 0 Å². The molecule has 1 saturated carbocycles. The van der Waals surface area contributed by atoms with Crippen molar-refractivity contribution in [3.63, 3.8) is 0 Å². The predicted octanol–water partition coefficient (Wildman–Crippen LogP) is 1.26. The lowest BCUT2D eigenvalue weighted by Gasteiger charge is -2.46. The monoisotopic (exact) mass is 328 g/mol. The molecule has 5 nitrogen and oxygen atoms in total. The summed E-state index contributed by atoms with van der Waals surface area (Å²) in [5, 5.41) is 9.91. The van der Waals surface area contributed by atoms with Gasteiger partial charge in [-0.3, -0.25) is 9.59 Å². The van der Waals surface area contributed by atoms with Crippen molar-refractivity contribution in [1.82, 2.24) is 9.80 Å². The number of carbonyl (C=O) groups excluding carboxylic acids is 2. The van der Waals surface area contributed by atoms with E-state index in [1.54, 1.807) is 4.90 Å². The summed E-state index contributed by atoms with van der Waals surface area (Å²) in [6, 6.07) is 7.90. The molecule has 2 saturated heterocycles. The second-order valence-electron chi connectivity index (χ2n) is 7.60. The zero-order valence-electron chi connectivity index (χ0n) is 14.1. The van der Waals surface area contributed by atoms with Crippen LogP contribution in [0.1, 0.15) is 36.8 Å². The number of rotatable bonds is 3. The van der Waals surface area contributed by atoms with Crippen LogP contribution in [-0.2, 0) is 16.0 Å². The Morgan fingerprint density at radius 1 is 1.29 bits per heavy atom. The summed E-state index contributed by atoms with van der Waals surface area (Å²) in [5.74, 6) is 0.0560. The van der Waals surface area contributed by atoms with Gasteiger partial charge in [-0.1, -0.05) is 29.8 Å². The Kier molecular flexibility index (Phi) is 3.64.